The van der Waals surface area contributed by atoms with Gasteiger partial charge in [0.25, 0.3) is 0 Å². The summed E-state index contributed by atoms with van der Waals surface area (Å²) in [5.74, 6) is 0.789. The molecule has 19 heavy (non-hydrogen) atoms. The van der Waals surface area contributed by atoms with Crippen molar-refractivity contribution < 1.29 is 18.7 Å². The third-order valence-electron chi connectivity index (χ3n) is 2.45. The summed E-state index contributed by atoms with van der Waals surface area (Å²) in [5, 5.41) is 8.78. The second kappa shape index (κ2) is 5.74. The molecular formula is C14H11NO4. The van der Waals surface area contributed by atoms with Crippen molar-refractivity contribution in [1.29, 1.82) is 5.26 Å². The van der Waals surface area contributed by atoms with Crippen LogP contribution in [0.5, 0.6) is 11.5 Å². The Morgan fingerprint density at radius 2 is 2.21 bits per heavy atom. The van der Waals surface area contributed by atoms with E-state index >= 15 is 0 Å². The van der Waals surface area contributed by atoms with Gasteiger partial charge in [0.05, 0.1) is 25.0 Å². The number of rotatable bonds is 5. The summed E-state index contributed by atoms with van der Waals surface area (Å²) in [6.45, 7) is -0.157. The molecule has 1 heterocycles. The molecule has 0 spiro atoms. The second-order valence-electron chi connectivity index (χ2n) is 3.67. The maximum atomic E-state index is 11.7. The molecule has 0 aliphatic carbocycles. The van der Waals surface area contributed by atoms with Gasteiger partial charge in [0.2, 0.25) is 5.78 Å². The number of benzene rings is 1. The average Bonchev–Trinajstić information content (AvgIpc) is 2.98. The zero-order valence-corrected chi connectivity index (χ0v) is 10.3. The van der Waals surface area contributed by atoms with Crippen LogP contribution in [0.4, 0.5) is 0 Å². The highest BCUT2D eigenvalue weighted by Crippen LogP contribution is 2.27. The van der Waals surface area contributed by atoms with Gasteiger partial charge in [-0.15, -0.1) is 0 Å². The Morgan fingerprint density at radius 1 is 1.37 bits per heavy atom. The Hall–Kier alpha value is -2.74. The molecular weight excluding hydrogens is 246 g/mol. The molecule has 5 heteroatoms. The minimum atomic E-state index is -0.267. The first-order valence-electron chi connectivity index (χ1n) is 5.52. The molecule has 0 saturated carbocycles. The lowest BCUT2D eigenvalue weighted by Gasteiger charge is -2.09. The smallest absolute Gasteiger partial charge is 0.235 e. The van der Waals surface area contributed by atoms with Crippen LogP contribution in [0.25, 0.3) is 0 Å². The molecule has 0 N–H and O–H groups in total. The maximum absolute atomic E-state index is 11.7. The first kappa shape index (κ1) is 12.7. The number of Topliss-reactive ketones (excluding diaryl/α,β-unsaturated/α-hetero) is 1. The summed E-state index contributed by atoms with van der Waals surface area (Å²) < 4.78 is 15.4. The summed E-state index contributed by atoms with van der Waals surface area (Å²) in [7, 11) is 1.47. The number of nitriles is 1. The molecule has 0 bridgehead atoms. The third-order valence-corrected chi connectivity index (χ3v) is 2.45. The summed E-state index contributed by atoms with van der Waals surface area (Å²) >= 11 is 0. The van der Waals surface area contributed by atoms with E-state index in [0.29, 0.717) is 17.1 Å². The predicted octanol–water partition coefficient (Wildman–Crippen LogP) is 2.42. The molecule has 0 radical (unpaired) electrons. The normalized spacial score (nSPS) is 9.68. The highest BCUT2D eigenvalue weighted by Gasteiger charge is 2.12. The van der Waals surface area contributed by atoms with E-state index in [0.717, 1.165) is 0 Å². The lowest BCUT2D eigenvalue weighted by atomic mass is 10.2. The van der Waals surface area contributed by atoms with Crippen molar-refractivity contribution in [2.24, 2.45) is 0 Å². The average molecular weight is 257 g/mol. The number of carbonyl (C=O) groups is 1. The van der Waals surface area contributed by atoms with Crippen molar-refractivity contribution >= 4 is 5.78 Å². The molecule has 0 aliphatic rings. The minimum Gasteiger partial charge on any atom is -0.493 e. The van der Waals surface area contributed by atoms with Crippen molar-refractivity contribution in [2.75, 3.05) is 13.7 Å². The van der Waals surface area contributed by atoms with Crippen molar-refractivity contribution in [3.05, 3.63) is 47.9 Å². The van der Waals surface area contributed by atoms with Crippen LogP contribution in [-0.4, -0.2) is 19.5 Å². The topological polar surface area (TPSA) is 72.5 Å². The Kier molecular flexibility index (Phi) is 3.84. The van der Waals surface area contributed by atoms with Crippen molar-refractivity contribution in [2.45, 2.75) is 0 Å². The van der Waals surface area contributed by atoms with E-state index in [1.807, 2.05) is 6.07 Å². The van der Waals surface area contributed by atoms with Crippen LogP contribution in [-0.2, 0) is 0 Å². The molecule has 1 aromatic carbocycles. The molecule has 0 aliphatic heterocycles. The summed E-state index contributed by atoms with van der Waals surface area (Å²) in [5.41, 5.74) is 0.460. The van der Waals surface area contributed by atoms with Gasteiger partial charge in [-0.3, -0.25) is 4.79 Å². The fraction of sp³-hybridized carbons (Fsp3) is 0.143. The molecule has 1 aromatic heterocycles. The molecule has 0 saturated heterocycles. The Morgan fingerprint density at radius 3 is 2.84 bits per heavy atom. The number of methoxy groups -OCH3 is 1. The number of ketones is 1. The van der Waals surface area contributed by atoms with E-state index in [4.69, 9.17) is 19.2 Å². The number of hydrogen-bond donors (Lipinski definition) is 0. The van der Waals surface area contributed by atoms with E-state index in [2.05, 4.69) is 0 Å². The van der Waals surface area contributed by atoms with Gasteiger partial charge in [-0.25, -0.2) is 0 Å². The zero-order valence-electron chi connectivity index (χ0n) is 10.3. The van der Waals surface area contributed by atoms with Gasteiger partial charge in [0, 0.05) is 6.07 Å². The quantitative estimate of drug-likeness (QED) is 0.769. The third kappa shape index (κ3) is 2.93. The SMILES string of the molecule is COc1cc(C#N)ccc1OCC(=O)c1ccco1. The predicted molar refractivity (Wildman–Crippen MR) is 66.2 cm³/mol. The van der Waals surface area contributed by atoms with Gasteiger partial charge in [0.15, 0.2) is 23.9 Å². The molecule has 0 fully saturated rings. The first-order chi connectivity index (χ1) is 9.24. The largest absolute Gasteiger partial charge is 0.493 e. The maximum Gasteiger partial charge on any atom is 0.235 e. The van der Waals surface area contributed by atoms with Gasteiger partial charge < -0.3 is 13.9 Å². The zero-order chi connectivity index (χ0) is 13.7. The summed E-state index contributed by atoms with van der Waals surface area (Å²) in [6.07, 6.45) is 1.43. The van der Waals surface area contributed by atoms with Crippen LogP contribution in [0.1, 0.15) is 16.1 Å². The van der Waals surface area contributed by atoms with E-state index in [1.165, 1.54) is 13.4 Å². The minimum absolute atomic E-state index is 0.157. The van der Waals surface area contributed by atoms with E-state index in [1.54, 1.807) is 30.3 Å². The summed E-state index contributed by atoms with van der Waals surface area (Å²) in [6, 6.07) is 9.94. The van der Waals surface area contributed by atoms with Crippen molar-refractivity contribution in [3.8, 4) is 17.6 Å². The van der Waals surface area contributed by atoms with Crippen LogP contribution in [0.15, 0.2) is 41.0 Å². The highest BCUT2D eigenvalue weighted by atomic mass is 16.5. The molecule has 0 amide bonds. The molecule has 5 nitrogen and oxygen atoms in total. The van der Waals surface area contributed by atoms with Crippen LogP contribution < -0.4 is 9.47 Å². The van der Waals surface area contributed by atoms with Gasteiger partial charge >= 0.3 is 0 Å². The van der Waals surface area contributed by atoms with Crippen LogP contribution in [0, 0.1) is 11.3 Å². The molecule has 2 rings (SSSR count). The molecule has 0 atom stereocenters. The van der Waals surface area contributed by atoms with Gasteiger partial charge in [0.1, 0.15) is 0 Å². The van der Waals surface area contributed by atoms with E-state index in [-0.39, 0.29) is 18.2 Å². The Labute approximate surface area is 110 Å². The Balaban J connectivity index is 2.07. The second-order valence-corrected chi connectivity index (χ2v) is 3.67. The number of furan rings is 1. The lowest BCUT2D eigenvalue weighted by Crippen LogP contribution is -2.11. The van der Waals surface area contributed by atoms with E-state index < -0.39 is 0 Å². The lowest BCUT2D eigenvalue weighted by molar-refractivity contribution is 0.0891. The standard InChI is InChI=1S/C14H11NO4/c1-17-14-7-10(8-15)4-5-13(14)19-9-11(16)12-3-2-6-18-12/h2-7H,9H2,1H3. The fourth-order valence-electron chi connectivity index (χ4n) is 1.51. The van der Waals surface area contributed by atoms with Gasteiger partial charge in [-0.05, 0) is 24.3 Å². The molecule has 0 unspecified atom stereocenters. The van der Waals surface area contributed by atoms with Crippen molar-refractivity contribution in [3.63, 3.8) is 0 Å². The fourth-order valence-corrected chi connectivity index (χ4v) is 1.51. The van der Waals surface area contributed by atoms with Crippen LogP contribution >= 0.6 is 0 Å². The number of nitrogens with zero attached hydrogens (tertiary/aromatic N) is 1. The molecule has 96 valence electrons. The number of ether oxygens (including phenoxy) is 2. The van der Waals surface area contributed by atoms with Gasteiger partial charge in [-0.2, -0.15) is 5.26 Å². The number of carbonyl (C=O) groups excluding carboxylic acids is 1. The first-order valence-corrected chi connectivity index (χ1v) is 5.52. The monoisotopic (exact) mass is 257 g/mol. The number of hydrogen-bond acceptors (Lipinski definition) is 5. The van der Waals surface area contributed by atoms with Gasteiger partial charge in [-0.1, -0.05) is 0 Å². The Bertz CT molecular complexity index is 611. The van der Waals surface area contributed by atoms with Crippen molar-refractivity contribution in [1.82, 2.24) is 0 Å². The highest BCUT2D eigenvalue weighted by molar-refractivity contribution is 5.94. The van der Waals surface area contributed by atoms with Crippen LogP contribution in [0.2, 0.25) is 0 Å². The summed E-state index contributed by atoms with van der Waals surface area (Å²) in [4.78, 5) is 11.7. The molecule has 2 aromatic rings. The van der Waals surface area contributed by atoms with E-state index in [9.17, 15) is 4.79 Å². The van der Waals surface area contributed by atoms with Crippen LogP contribution in [0.3, 0.4) is 0 Å².